The molecule has 0 fully saturated rings. The summed E-state index contributed by atoms with van der Waals surface area (Å²) in [5.74, 6) is 0.586. The Labute approximate surface area is 121 Å². The molecule has 21 heavy (non-hydrogen) atoms. The molecule has 1 heterocycles. The maximum absolute atomic E-state index is 10.9. The normalized spacial score (nSPS) is 10.5. The lowest BCUT2D eigenvalue weighted by molar-refractivity contribution is -0.384. The number of aliphatic hydroxyl groups is 1. The first-order chi connectivity index (χ1) is 10.2. The molecule has 0 aliphatic rings. The number of fused-ring (bicyclic) bond motifs is 1. The third-order valence-corrected chi connectivity index (χ3v) is 3.22. The Hall–Kier alpha value is -2.95. The fraction of sp³-hybridized carbons (Fsp3) is 0. The van der Waals surface area contributed by atoms with Gasteiger partial charge in [-0.1, -0.05) is 30.3 Å². The zero-order valence-corrected chi connectivity index (χ0v) is 11.1. The molecule has 2 aromatic carbocycles. The molecule has 0 amide bonds. The number of ether oxygens (including phenoxy) is 1. The van der Waals surface area contributed by atoms with Crippen molar-refractivity contribution in [1.82, 2.24) is 4.98 Å². The lowest BCUT2D eigenvalue weighted by atomic mass is 10.1. The molecule has 5 heteroatoms. The fourth-order valence-corrected chi connectivity index (χ4v) is 2.20. The van der Waals surface area contributed by atoms with E-state index in [1.54, 1.807) is 12.1 Å². The summed E-state index contributed by atoms with van der Waals surface area (Å²) < 4.78 is 3.97. The van der Waals surface area contributed by atoms with E-state index in [1.165, 1.54) is 12.1 Å². The number of aromatic hydroxyl groups is 1. The van der Waals surface area contributed by atoms with Gasteiger partial charge in [0.1, 0.15) is 0 Å². The zero-order valence-electron chi connectivity index (χ0n) is 11.1. The Morgan fingerprint density at radius 2 is 1.86 bits per heavy atom. The van der Waals surface area contributed by atoms with Gasteiger partial charge >= 0.3 is 0 Å². The first-order valence-corrected chi connectivity index (χ1v) is 6.30. The summed E-state index contributed by atoms with van der Waals surface area (Å²) in [4.78, 5) is 15.0. The van der Waals surface area contributed by atoms with Gasteiger partial charge in [0.15, 0.2) is 0 Å². The smallest absolute Gasteiger partial charge is 0.270 e. The first-order valence-electron chi connectivity index (χ1n) is 6.30. The SMILES string of the molecule is [CH2-][OH+]c1cc(-c2ccccc2)nc2ccc([N+](=O)[O-])cc12. The molecule has 0 aliphatic heterocycles. The van der Waals surface area contributed by atoms with Crippen LogP contribution in [0.3, 0.4) is 0 Å². The van der Waals surface area contributed by atoms with Crippen LogP contribution in [0, 0.1) is 17.2 Å². The first kappa shape index (κ1) is 13.1. The van der Waals surface area contributed by atoms with Crippen molar-refractivity contribution < 1.29 is 9.66 Å². The molecule has 0 saturated heterocycles. The number of aromatic nitrogens is 1. The van der Waals surface area contributed by atoms with E-state index in [9.17, 15) is 10.1 Å². The number of nitro groups is 1. The van der Waals surface area contributed by atoms with E-state index in [0.717, 1.165) is 11.3 Å². The van der Waals surface area contributed by atoms with Crippen molar-refractivity contribution in [2.24, 2.45) is 0 Å². The topological polar surface area (TPSA) is 68.8 Å². The summed E-state index contributed by atoms with van der Waals surface area (Å²) >= 11 is 0. The number of benzene rings is 2. The molecular weight excluding hydrogens is 268 g/mol. The summed E-state index contributed by atoms with van der Waals surface area (Å²) in [6.45, 7) is 0. The van der Waals surface area contributed by atoms with Crippen LogP contribution >= 0.6 is 0 Å². The average molecular weight is 280 g/mol. The predicted molar refractivity (Wildman–Crippen MR) is 80.9 cm³/mol. The van der Waals surface area contributed by atoms with Gasteiger partial charge in [-0.2, -0.15) is 0 Å². The predicted octanol–water partition coefficient (Wildman–Crippen LogP) is 3.84. The highest BCUT2D eigenvalue weighted by molar-refractivity contribution is 5.89. The second-order valence-corrected chi connectivity index (χ2v) is 4.51. The van der Waals surface area contributed by atoms with Crippen molar-refractivity contribution in [3.05, 3.63) is 71.8 Å². The van der Waals surface area contributed by atoms with Gasteiger partial charge in [-0.25, -0.2) is 4.98 Å². The number of hydrogen-bond acceptors (Lipinski definition) is 3. The lowest BCUT2D eigenvalue weighted by Crippen LogP contribution is -1.91. The molecule has 104 valence electrons. The van der Waals surface area contributed by atoms with Crippen LogP contribution in [0.15, 0.2) is 54.6 Å². The van der Waals surface area contributed by atoms with E-state index in [0.29, 0.717) is 16.7 Å². The second-order valence-electron chi connectivity index (χ2n) is 4.51. The van der Waals surface area contributed by atoms with Crippen LogP contribution in [0.25, 0.3) is 22.2 Å². The molecule has 0 atom stereocenters. The van der Waals surface area contributed by atoms with Crippen molar-refractivity contribution in [3.63, 3.8) is 0 Å². The highest BCUT2D eigenvalue weighted by Crippen LogP contribution is 2.32. The zero-order chi connectivity index (χ0) is 14.8. The van der Waals surface area contributed by atoms with Crippen LogP contribution in [0.1, 0.15) is 0 Å². The molecule has 0 bridgehead atoms. The third kappa shape index (κ3) is 2.41. The molecule has 1 aromatic heterocycles. The highest BCUT2D eigenvalue weighted by atomic mass is 16.6. The molecule has 0 saturated carbocycles. The van der Waals surface area contributed by atoms with Crippen molar-refractivity contribution in [2.75, 3.05) is 0 Å². The monoisotopic (exact) mass is 280 g/mol. The van der Waals surface area contributed by atoms with Crippen LogP contribution < -0.4 is 0 Å². The number of rotatable bonds is 3. The van der Waals surface area contributed by atoms with Crippen LogP contribution in [0.4, 0.5) is 5.69 Å². The van der Waals surface area contributed by atoms with Gasteiger partial charge in [0, 0.05) is 17.7 Å². The number of hydrogen-bond donors (Lipinski definition) is 0. The van der Waals surface area contributed by atoms with Gasteiger partial charge in [0.05, 0.1) is 27.6 Å². The largest absolute Gasteiger partial charge is 0.721 e. The van der Waals surface area contributed by atoms with Crippen molar-refractivity contribution in [3.8, 4) is 17.0 Å². The van der Waals surface area contributed by atoms with Crippen molar-refractivity contribution in [2.45, 2.75) is 0 Å². The van der Waals surface area contributed by atoms with E-state index in [1.807, 2.05) is 30.3 Å². The van der Waals surface area contributed by atoms with Gasteiger partial charge in [0.25, 0.3) is 5.69 Å². The molecule has 0 unspecified atom stereocenters. The fourth-order valence-electron chi connectivity index (χ4n) is 2.20. The average Bonchev–Trinajstić information content (AvgIpc) is 2.54. The maximum Gasteiger partial charge on any atom is 0.270 e. The lowest BCUT2D eigenvalue weighted by Gasteiger charge is -2.09. The molecule has 3 rings (SSSR count). The highest BCUT2D eigenvalue weighted by Gasteiger charge is 2.14. The Morgan fingerprint density at radius 1 is 1.10 bits per heavy atom. The minimum atomic E-state index is -0.433. The second kappa shape index (κ2) is 5.20. The Kier molecular flexibility index (Phi) is 3.23. The molecule has 0 spiro atoms. The van der Waals surface area contributed by atoms with E-state index >= 15 is 0 Å². The van der Waals surface area contributed by atoms with Gasteiger partial charge in [-0.05, 0) is 13.2 Å². The summed E-state index contributed by atoms with van der Waals surface area (Å²) in [6.07, 6.45) is 0. The van der Waals surface area contributed by atoms with Gasteiger partial charge in [0.2, 0.25) is 5.75 Å². The standard InChI is InChI=1S/C16H12N2O3/c1-21-16-10-15(11-5-3-2-4-6-11)17-14-8-7-12(18(19)20)9-13(14)16/h2-10,21H,1H2. The van der Waals surface area contributed by atoms with E-state index in [2.05, 4.69) is 16.8 Å². The Bertz CT molecular complexity index is 816. The van der Waals surface area contributed by atoms with Gasteiger partial charge in [-0.3, -0.25) is 10.1 Å². The Balaban J connectivity index is 2.23. The number of nitrogens with zero attached hydrogens (tertiary/aromatic N) is 2. The molecular formula is C16H12N2O3. The maximum atomic E-state index is 10.9. The number of nitro benzene ring substituents is 1. The summed E-state index contributed by atoms with van der Waals surface area (Å²) in [5.41, 5.74) is 2.40. The van der Waals surface area contributed by atoms with E-state index in [4.69, 9.17) is 0 Å². The molecule has 3 aromatic rings. The summed E-state index contributed by atoms with van der Waals surface area (Å²) in [7, 11) is 3.54. The number of non-ortho nitro benzene ring substituents is 1. The summed E-state index contributed by atoms with van der Waals surface area (Å²) in [5, 5.41) is 11.5. The summed E-state index contributed by atoms with van der Waals surface area (Å²) in [6, 6.07) is 16.0. The number of pyridine rings is 1. The van der Waals surface area contributed by atoms with Gasteiger partial charge in [-0.15, -0.1) is 0 Å². The molecule has 1 N–H and O–H groups in total. The van der Waals surface area contributed by atoms with E-state index in [-0.39, 0.29) is 5.69 Å². The van der Waals surface area contributed by atoms with E-state index < -0.39 is 4.92 Å². The Morgan fingerprint density at radius 3 is 2.52 bits per heavy atom. The van der Waals surface area contributed by atoms with Crippen molar-refractivity contribution >= 4 is 16.6 Å². The van der Waals surface area contributed by atoms with Gasteiger partial charge < -0.3 is 4.74 Å². The van der Waals surface area contributed by atoms with Crippen LogP contribution in [0.2, 0.25) is 0 Å². The van der Waals surface area contributed by atoms with Crippen molar-refractivity contribution in [1.29, 1.82) is 0 Å². The van der Waals surface area contributed by atoms with Crippen LogP contribution in [-0.2, 0) is 0 Å². The molecule has 0 radical (unpaired) electrons. The molecule has 5 nitrogen and oxygen atoms in total. The van der Waals surface area contributed by atoms with Crippen LogP contribution in [-0.4, -0.2) is 14.6 Å². The quantitative estimate of drug-likeness (QED) is 0.317. The van der Waals surface area contributed by atoms with Crippen LogP contribution in [0.5, 0.6) is 5.75 Å². The molecule has 0 aliphatic carbocycles. The minimum absolute atomic E-state index is 0.0154. The third-order valence-electron chi connectivity index (χ3n) is 3.22. The minimum Gasteiger partial charge on any atom is -0.721 e.